The molecule has 1 aliphatic rings. The highest BCUT2D eigenvalue weighted by molar-refractivity contribution is 9.11. The number of carbonyl (C=O) groups excluding carboxylic acids is 1. The molecular weight excluding hydrogens is 382 g/mol. The first-order valence-electron chi connectivity index (χ1n) is 6.48. The third-order valence-corrected chi connectivity index (χ3v) is 4.48. The van der Waals surface area contributed by atoms with Crippen LogP contribution in [-0.4, -0.2) is 5.91 Å². The minimum atomic E-state index is -0.0336. The van der Waals surface area contributed by atoms with Gasteiger partial charge in [-0.2, -0.15) is 0 Å². The molecule has 0 radical (unpaired) electrons. The Hall–Kier alpha value is -1.13. The van der Waals surface area contributed by atoms with Crippen molar-refractivity contribution < 1.29 is 4.79 Å². The van der Waals surface area contributed by atoms with Gasteiger partial charge in [0.1, 0.15) is 0 Å². The van der Waals surface area contributed by atoms with E-state index in [1.165, 1.54) is 11.1 Å². The second-order valence-electron chi connectivity index (χ2n) is 4.92. The Morgan fingerprint density at radius 3 is 2.55 bits per heavy atom. The molecule has 0 aromatic heterocycles. The van der Waals surface area contributed by atoms with Crippen LogP contribution >= 0.6 is 31.9 Å². The summed E-state index contributed by atoms with van der Waals surface area (Å²) in [6.07, 6.45) is 2.00. The van der Waals surface area contributed by atoms with Crippen molar-refractivity contribution in [2.24, 2.45) is 0 Å². The third-order valence-electron chi connectivity index (χ3n) is 3.56. The second kappa shape index (κ2) is 5.70. The average molecular weight is 395 g/mol. The van der Waals surface area contributed by atoms with Crippen molar-refractivity contribution >= 4 is 37.8 Å². The summed E-state index contributed by atoms with van der Waals surface area (Å²) in [5.74, 6) is -0.0336. The molecule has 4 heteroatoms. The molecule has 1 unspecified atom stereocenters. The first-order chi connectivity index (χ1) is 9.63. The van der Waals surface area contributed by atoms with E-state index in [-0.39, 0.29) is 11.9 Å². The molecule has 0 bridgehead atoms. The molecule has 1 aliphatic carbocycles. The fraction of sp³-hybridized carbons (Fsp3) is 0.188. The first kappa shape index (κ1) is 13.8. The van der Waals surface area contributed by atoms with Crippen LogP contribution in [0, 0.1) is 0 Å². The van der Waals surface area contributed by atoms with Gasteiger partial charge in [0, 0.05) is 14.5 Å². The van der Waals surface area contributed by atoms with Gasteiger partial charge in [-0.3, -0.25) is 4.79 Å². The molecule has 102 valence electrons. The summed E-state index contributed by atoms with van der Waals surface area (Å²) in [7, 11) is 0. The van der Waals surface area contributed by atoms with E-state index in [2.05, 4.69) is 55.4 Å². The van der Waals surface area contributed by atoms with E-state index in [0.717, 1.165) is 21.8 Å². The minimum Gasteiger partial charge on any atom is -0.345 e. The van der Waals surface area contributed by atoms with Gasteiger partial charge >= 0.3 is 0 Å². The summed E-state index contributed by atoms with van der Waals surface area (Å²) in [5.41, 5.74) is 3.25. The number of hydrogen-bond acceptors (Lipinski definition) is 1. The van der Waals surface area contributed by atoms with Gasteiger partial charge < -0.3 is 5.32 Å². The topological polar surface area (TPSA) is 29.1 Å². The number of carbonyl (C=O) groups is 1. The highest BCUT2D eigenvalue weighted by atomic mass is 79.9. The Morgan fingerprint density at radius 1 is 1.10 bits per heavy atom. The Kier molecular flexibility index (Phi) is 3.94. The molecule has 0 spiro atoms. The van der Waals surface area contributed by atoms with E-state index in [1.807, 2.05) is 24.3 Å². The Balaban J connectivity index is 1.80. The zero-order valence-electron chi connectivity index (χ0n) is 10.7. The van der Waals surface area contributed by atoms with Crippen LogP contribution in [-0.2, 0) is 6.42 Å². The predicted octanol–water partition coefficient (Wildman–Crippen LogP) is 4.63. The quantitative estimate of drug-likeness (QED) is 0.790. The van der Waals surface area contributed by atoms with Gasteiger partial charge in [0.15, 0.2) is 0 Å². The second-order valence-corrected chi connectivity index (χ2v) is 6.75. The fourth-order valence-electron chi connectivity index (χ4n) is 2.63. The number of aryl methyl sites for hydroxylation is 1. The van der Waals surface area contributed by atoms with Crippen LogP contribution in [0.3, 0.4) is 0 Å². The van der Waals surface area contributed by atoms with E-state index in [1.54, 1.807) is 0 Å². The smallest absolute Gasteiger partial charge is 0.251 e. The maximum atomic E-state index is 12.4. The number of rotatable bonds is 2. The van der Waals surface area contributed by atoms with Crippen molar-refractivity contribution in [3.63, 3.8) is 0 Å². The Bertz CT molecular complexity index is 649. The first-order valence-corrected chi connectivity index (χ1v) is 8.07. The number of amides is 1. The summed E-state index contributed by atoms with van der Waals surface area (Å²) in [6.45, 7) is 0. The van der Waals surface area contributed by atoms with Gasteiger partial charge in [0.05, 0.1) is 6.04 Å². The molecule has 3 rings (SSSR count). The maximum absolute atomic E-state index is 12.4. The molecule has 1 amide bonds. The molecule has 0 aliphatic heterocycles. The standard InChI is InChI=1S/C16H13Br2NO/c17-12-7-11(8-13(18)9-12)16(20)19-15-6-5-10-3-1-2-4-14(10)15/h1-4,7-9,15H,5-6H2,(H,19,20). The predicted molar refractivity (Wildman–Crippen MR) is 86.8 cm³/mol. The average Bonchev–Trinajstić information content (AvgIpc) is 2.81. The van der Waals surface area contributed by atoms with E-state index >= 15 is 0 Å². The lowest BCUT2D eigenvalue weighted by atomic mass is 10.1. The molecular formula is C16H13Br2NO. The van der Waals surface area contributed by atoms with Crippen molar-refractivity contribution in [1.29, 1.82) is 0 Å². The molecule has 0 fully saturated rings. The maximum Gasteiger partial charge on any atom is 0.251 e. The monoisotopic (exact) mass is 393 g/mol. The van der Waals surface area contributed by atoms with Crippen LogP contribution < -0.4 is 5.32 Å². The van der Waals surface area contributed by atoms with Gasteiger partial charge in [-0.25, -0.2) is 0 Å². The molecule has 0 heterocycles. The molecule has 2 nitrogen and oxygen atoms in total. The number of nitrogens with one attached hydrogen (secondary N) is 1. The summed E-state index contributed by atoms with van der Waals surface area (Å²) in [6, 6.07) is 14.0. The lowest BCUT2D eigenvalue weighted by Crippen LogP contribution is -2.27. The molecule has 0 saturated carbocycles. The lowest BCUT2D eigenvalue weighted by Gasteiger charge is -2.14. The summed E-state index contributed by atoms with van der Waals surface area (Å²) in [5, 5.41) is 3.13. The van der Waals surface area contributed by atoms with Crippen LogP contribution in [0.5, 0.6) is 0 Å². The molecule has 2 aromatic carbocycles. The van der Waals surface area contributed by atoms with Crippen molar-refractivity contribution in [2.45, 2.75) is 18.9 Å². The van der Waals surface area contributed by atoms with E-state index in [4.69, 9.17) is 0 Å². The minimum absolute atomic E-state index is 0.0336. The van der Waals surface area contributed by atoms with E-state index in [0.29, 0.717) is 5.56 Å². The number of hydrogen-bond donors (Lipinski definition) is 1. The Labute approximate surface area is 134 Å². The van der Waals surface area contributed by atoms with Crippen LogP contribution in [0.15, 0.2) is 51.4 Å². The summed E-state index contributed by atoms with van der Waals surface area (Å²) < 4.78 is 1.78. The van der Waals surface area contributed by atoms with Crippen molar-refractivity contribution in [1.82, 2.24) is 5.32 Å². The van der Waals surface area contributed by atoms with Gasteiger partial charge in [-0.1, -0.05) is 56.1 Å². The summed E-state index contributed by atoms with van der Waals surface area (Å²) in [4.78, 5) is 12.4. The largest absolute Gasteiger partial charge is 0.345 e. The van der Waals surface area contributed by atoms with Gasteiger partial charge in [0.2, 0.25) is 0 Å². The number of halogens is 2. The number of fused-ring (bicyclic) bond motifs is 1. The normalized spacial score (nSPS) is 16.8. The van der Waals surface area contributed by atoms with Gasteiger partial charge in [0.25, 0.3) is 5.91 Å². The molecule has 1 atom stereocenters. The fourth-order valence-corrected chi connectivity index (χ4v) is 3.93. The highest BCUT2D eigenvalue weighted by Crippen LogP contribution is 2.31. The van der Waals surface area contributed by atoms with Crippen molar-refractivity contribution in [3.8, 4) is 0 Å². The molecule has 1 N–H and O–H groups in total. The van der Waals surface area contributed by atoms with Crippen molar-refractivity contribution in [3.05, 3.63) is 68.1 Å². The van der Waals surface area contributed by atoms with Crippen LogP contribution in [0.4, 0.5) is 0 Å². The lowest BCUT2D eigenvalue weighted by molar-refractivity contribution is 0.0936. The van der Waals surface area contributed by atoms with Crippen LogP contribution in [0.25, 0.3) is 0 Å². The zero-order valence-corrected chi connectivity index (χ0v) is 13.9. The molecule has 20 heavy (non-hydrogen) atoms. The highest BCUT2D eigenvalue weighted by Gasteiger charge is 2.23. The SMILES string of the molecule is O=C(NC1CCc2ccccc21)c1cc(Br)cc(Br)c1. The molecule has 0 saturated heterocycles. The van der Waals surface area contributed by atoms with Gasteiger partial charge in [-0.15, -0.1) is 0 Å². The summed E-state index contributed by atoms with van der Waals surface area (Å²) >= 11 is 6.82. The van der Waals surface area contributed by atoms with E-state index < -0.39 is 0 Å². The molecule has 2 aromatic rings. The van der Waals surface area contributed by atoms with E-state index in [9.17, 15) is 4.79 Å². The van der Waals surface area contributed by atoms with Crippen molar-refractivity contribution in [2.75, 3.05) is 0 Å². The zero-order chi connectivity index (χ0) is 14.1. The third kappa shape index (κ3) is 2.81. The van der Waals surface area contributed by atoms with Crippen LogP contribution in [0.2, 0.25) is 0 Å². The van der Waals surface area contributed by atoms with Gasteiger partial charge in [-0.05, 0) is 42.2 Å². The van der Waals surface area contributed by atoms with Crippen LogP contribution in [0.1, 0.15) is 33.9 Å². The Morgan fingerprint density at radius 2 is 1.80 bits per heavy atom. The number of benzene rings is 2.